The van der Waals surface area contributed by atoms with E-state index in [-0.39, 0.29) is 22.3 Å². The Labute approximate surface area is 140 Å². The summed E-state index contributed by atoms with van der Waals surface area (Å²) < 4.78 is 0. The SMILES string of the molecule is C.C.C.CCCCSC.CCCSC.CCCSC. The minimum atomic E-state index is 0. The molecule has 0 bridgehead atoms. The van der Waals surface area contributed by atoms with Gasteiger partial charge in [-0.1, -0.05) is 49.5 Å². The van der Waals surface area contributed by atoms with E-state index in [4.69, 9.17) is 0 Å². The molecule has 0 aromatic carbocycles. The van der Waals surface area contributed by atoms with Crippen molar-refractivity contribution < 1.29 is 0 Å². The molecule has 0 aliphatic carbocycles. The van der Waals surface area contributed by atoms with Crippen molar-refractivity contribution in [2.24, 2.45) is 0 Å². The highest BCUT2D eigenvalue weighted by atomic mass is 32.2. The van der Waals surface area contributed by atoms with Crippen molar-refractivity contribution in [2.75, 3.05) is 36.0 Å². The van der Waals surface area contributed by atoms with E-state index in [1.807, 2.05) is 35.3 Å². The first-order valence-electron chi connectivity index (χ1n) is 6.21. The smallest absolute Gasteiger partial charge is 0.00704 e. The van der Waals surface area contributed by atoms with Gasteiger partial charge in [0.05, 0.1) is 0 Å². The fraction of sp³-hybridized carbons (Fsp3) is 1.00. The molecule has 0 N–H and O–H groups in total. The van der Waals surface area contributed by atoms with Gasteiger partial charge in [-0.2, -0.15) is 35.3 Å². The summed E-state index contributed by atoms with van der Waals surface area (Å²) in [5.41, 5.74) is 0. The van der Waals surface area contributed by atoms with E-state index in [0.29, 0.717) is 0 Å². The first-order chi connectivity index (χ1) is 7.74. The first kappa shape index (κ1) is 36.9. The zero-order valence-electron chi connectivity index (χ0n) is 12.2. The number of rotatable bonds is 7. The van der Waals surface area contributed by atoms with Gasteiger partial charge in [0.25, 0.3) is 0 Å². The second-order valence-corrected chi connectivity index (χ2v) is 6.29. The summed E-state index contributed by atoms with van der Waals surface area (Å²) in [5, 5.41) is 0. The lowest BCUT2D eigenvalue weighted by Gasteiger charge is -1.86. The van der Waals surface area contributed by atoms with Crippen LogP contribution in [-0.2, 0) is 0 Å². The normalized spacial score (nSPS) is 7.26. The first-order valence-corrected chi connectivity index (χ1v) is 10.4. The van der Waals surface area contributed by atoms with Crippen molar-refractivity contribution in [1.29, 1.82) is 0 Å². The van der Waals surface area contributed by atoms with Crippen LogP contribution in [0.2, 0.25) is 0 Å². The molecule has 0 rings (SSSR count). The molecule has 0 heterocycles. The highest BCUT2D eigenvalue weighted by Gasteiger charge is 1.75. The van der Waals surface area contributed by atoms with Crippen LogP contribution in [0.4, 0.5) is 0 Å². The third-order valence-corrected chi connectivity index (χ3v) is 3.85. The summed E-state index contributed by atoms with van der Waals surface area (Å²) in [6, 6.07) is 0. The van der Waals surface area contributed by atoms with E-state index in [1.54, 1.807) is 0 Å². The summed E-state index contributed by atoms with van der Waals surface area (Å²) in [7, 11) is 0. The molecule has 0 aromatic heterocycles. The Morgan fingerprint density at radius 3 is 0.895 bits per heavy atom. The molecule has 0 saturated heterocycles. The maximum absolute atomic E-state index is 2.22. The number of thioether (sulfide) groups is 3. The second-order valence-electron chi connectivity index (χ2n) is 3.33. The maximum atomic E-state index is 2.22. The second kappa shape index (κ2) is 50.8. The molecule has 0 fully saturated rings. The lowest BCUT2D eigenvalue weighted by atomic mass is 10.4. The minimum Gasteiger partial charge on any atom is -0.165 e. The molecule has 19 heavy (non-hydrogen) atoms. The van der Waals surface area contributed by atoms with Crippen LogP contribution < -0.4 is 0 Å². The van der Waals surface area contributed by atoms with Gasteiger partial charge in [-0.05, 0) is 55.3 Å². The molecule has 0 spiro atoms. The number of unbranched alkanes of at least 4 members (excludes halogenated alkanes) is 1. The van der Waals surface area contributed by atoms with E-state index in [2.05, 4.69) is 39.5 Å². The fourth-order valence-corrected chi connectivity index (χ4v) is 2.09. The number of hydrogen-bond acceptors (Lipinski definition) is 3. The molecule has 0 saturated carbocycles. The van der Waals surface area contributed by atoms with Gasteiger partial charge in [-0.3, -0.25) is 0 Å². The third-order valence-electron chi connectivity index (χ3n) is 1.52. The molecule has 0 nitrogen and oxygen atoms in total. The molecule has 0 unspecified atom stereocenters. The van der Waals surface area contributed by atoms with Crippen LogP contribution in [0.5, 0.6) is 0 Å². The van der Waals surface area contributed by atoms with Crippen molar-refractivity contribution in [3.63, 3.8) is 0 Å². The predicted molar refractivity (Wildman–Crippen MR) is 111 cm³/mol. The quantitative estimate of drug-likeness (QED) is 0.441. The van der Waals surface area contributed by atoms with Gasteiger partial charge in [-0.15, -0.1) is 0 Å². The van der Waals surface area contributed by atoms with Crippen molar-refractivity contribution >= 4 is 35.3 Å². The Bertz CT molecular complexity index is 64.4. The van der Waals surface area contributed by atoms with Crippen molar-refractivity contribution in [2.45, 2.75) is 68.7 Å². The van der Waals surface area contributed by atoms with Gasteiger partial charge in [0.2, 0.25) is 0 Å². The average Bonchev–Trinajstić information content (AvgIpc) is 2.30. The Kier molecular flexibility index (Phi) is 98.6. The minimum absolute atomic E-state index is 0. The van der Waals surface area contributed by atoms with Gasteiger partial charge >= 0.3 is 0 Å². The Hall–Kier alpha value is 1.05. The molecule has 0 radical (unpaired) electrons. The highest BCUT2D eigenvalue weighted by Crippen LogP contribution is 1.96. The van der Waals surface area contributed by atoms with E-state index in [9.17, 15) is 0 Å². The summed E-state index contributed by atoms with van der Waals surface area (Å²) in [6.45, 7) is 6.60. The number of hydrogen-bond donors (Lipinski definition) is 0. The molecule has 0 aromatic rings. The average molecular weight is 333 g/mol. The van der Waals surface area contributed by atoms with Gasteiger partial charge in [0.1, 0.15) is 0 Å². The largest absolute Gasteiger partial charge is 0.165 e. The van der Waals surface area contributed by atoms with Crippen molar-refractivity contribution in [3.8, 4) is 0 Å². The van der Waals surface area contributed by atoms with Crippen LogP contribution in [0.3, 0.4) is 0 Å². The molecular weight excluding hydrogens is 288 g/mol. The van der Waals surface area contributed by atoms with Crippen LogP contribution in [0.1, 0.15) is 68.7 Å². The monoisotopic (exact) mass is 332 g/mol. The fourth-order valence-electron chi connectivity index (χ4n) is 0.697. The van der Waals surface area contributed by atoms with Crippen LogP contribution >= 0.6 is 35.3 Å². The molecule has 0 aliphatic heterocycles. The standard InChI is InChI=1S/C5H12S.2C4H10S.3CH4/c1-3-4-5-6-2;2*1-3-4-5-2;;;/h3-5H2,1-2H3;2*3-4H2,1-2H3;3*1H4. The van der Waals surface area contributed by atoms with Gasteiger partial charge in [-0.25, -0.2) is 0 Å². The summed E-state index contributed by atoms with van der Waals surface area (Å²) in [4.78, 5) is 0. The zero-order valence-corrected chi connectivity index (χ0v) is 14.6. The molecule has 0 aliphatic rings. The lowest BCUT2D eigenvalue weighted by Crippen LogP contribution is -1.71. The van der Waals surface area contributed by atoms with E-state index in [1.165, 1.54) is 42.9 Å². The van der Waals surface area contributed by atoms with Gasteiger partial charge in [0.15, 0.2) is 0 Å². The molecular formula is C16H44S3. The summed E-state index contributed by atoms with van der Waals surface area (Å²) in [5.74, 6) is 3.94. The van der Waals surface area contributed by atoms with Gasteiger partial charge in [0, 0.05) is 0 Å². The molecule has 0 atom stereocenters. The van der Waals surface area contributed by atoms with E-state index >= 15 is 0 Å². The summed E-state index contributed by atoms with van der Waals surface area (Å²) >= 11 is 5.73. The highest BCUT2D eigenvalue weighted by molar-refractivity contribution is 7.98. The Morgan fingerprint density at radius 1 is 0.526 bits per heavy atom. The third kappa shape index (κ3) is 85.5. The van der Waals surface area contributed by atoms with Crippen molar-refractivity contribution in [1.82, 2.24) is 0 Å². The predicted octanol–water partition coefficient (Wildman–Crippen LogP) is 7.58. The van der Waals surface area contributed by atoms with Crippen LogP contribution in [0.25, 0.3) is 0 Å². The van der Waals surface area contributed by atoms with Crippen LogP contribution in [0, 0.1) is 0 Å². The Morgan fingerprint density at radius 2 is 0.842 bits per heavy atom. The molecule has 0 amide bonds. The molecule has 126 valence electrons. The topological polar surface area (TPSA) is 0 Å². The zero-order chi connectivity index (χ0) is 13.1. The van der Waals surface area contributed by atoms with E-state index in [0.717, 1.165) is 0 Å². The van der Waals surface area contributed by atoms with Gasteiger partial charge < -0.3 is 0 Å². The van der Waals surface area contributed by atoms with Crippen molar-refractivity contribution in [3.05, 3.63) is 0 Å². The Balaban J connectivity index is -0.0000000311. The molecule has 3 heteroatoms. The van der Waals surface area contributed by atoms with Crippen LogP contribution in [-0.4, -0.2) is 36.0 Å². The lowest BCUT2D eigenvalue weighted by molar-refractivity contribution is 0.897. The summed E-state index contributed by atoms with van der Waals surface area (Å²) in [6.07, 6.45) is 11.7. The van der Waals surface area contributed by atoms with Crippen LogP contribution in [0.15, 0.2) is 0 Å². The maximum Gasteiger partial charge on any atom is -0.00704 e. The van der Waals surface area contributed by atoms with E-state index < -0.39 is 0 Å².